The minimum atomic E-state index is -0.522. The molecule has 0 aliphatic heterocycles. The Hall–Kier alpha value is -2.59. The first-order chi connectivity index (χ1) is 10.6. The number of methoxy groups -OCH3 is 1. The second-order valence-electron chi connectivity index (χ2n) is 4.77. The molecule has 0 radical (unpaired) electrons. The molecule has 0 amide bonds. The number of nitrogens with one attached hydrogen (secondary N) is 1. The summed E-state index contributed by atoms with van der Waals surface area (Å²) in [6, 6.07) is 14.0. The van der Waals surface area contributed by atoms with E-state index in [0.717, 1.165) is 0 Å². The van der Waals surface area contributed by atoms with Crippen LogP contribution in [0.4, 0.5) is 11.4 Å². The maximum Gasteiger partial charge on any atom is 0.250 e. The fourth-order valence-electron chi connectivity index (χ4n) is 2.25. The predicted molar refractivity (Wildman–Crippen MR) is 88.1 cm³/mol. The molecule has 22 heavy (non-hydrogen) atoms. The summed E-state index contributed by atoms with van der Waals surface area (Å²) in [5.41, 5.74) is 0.995. The van der Waals surface area contributed by atoms with E-state index in [1.165, 1.54) is 0 Å². The van der Waals surface area contributed by atoms with Crippen LogP contribution in [-0.4, -0.2) is 7.11 Å². The van der Waals surface area contributed by atoms with Gasteiger partial charge in [0.2, 0.25) is 5.43 Å². The number of hydrogen-bond donors (Lipinski definition) is 1. The van der Waals surface area contributed by atoms with Gasteiger partial charge in [0.1, 0.15) is 11.4 Å². The summed E-state index contributed by atoms with van der Waals surface area (Å²) >= 11 is 5.92. The minimum Gasteiger partial charge on any atom is -0.497 e. The molecule has 0 unspecified atom stereocenters. The molecule has 110 valence electrons. The van der Waals surface area contributed by atoms with E-state index in [1.807, 2.05) is 0 Å². The molecule has 0 atom stereocenters. The van der Waals surface area contributed by atoms with Crippen LogP contribution in [0, 0.1) is 0 Å². The molecular formula is C17H12ClNO3. The van der Waals surface area contributed by atoms with E-state index in [4.69, 9.17) is 16.3 Å². The first kappa shape index (κ1) is 14.4. The molecule has 0 saturated carbocycles. The zero-order chi connectivity index (χ0) is 15.7. The summed E-state index contributed by atoms with van der Waals surface area (Å²) in [6.07, 6.45) is 0. The van der Waals surface area contributed by atoms with Gasteiger partial charge in [0, 0.05) is 10.7 Å². The van der Waals surface area contributed by atoms with Crippen molar-refractivity contribution in [3.8, 4) is 16.9 Å². The molecule has 0 spiro atoms. The largest absolute Gasteiger partial charge is 0.497 e. The Balaban J connectivity index is 1.98. The van der Waals surface area contributed by atoms with Gasteiger partial charge in [-0.3, -0.25) is 9.59 Å². The van der Waals surface area contributed by atoms with Crippen LogP contribution in [-0.2, 0) is 0 Å². The Labute approximate surface area is 131 Å². The standard InChI is InChI=1S/C17H12ClNO3/c1-22-13-7-5-10(6-8-13)14-15(17(21)16(14)20)19-12-4-2-3-11(18)9-12/h2-9,19H,1H3. The zero-order valence-corrected chi connectivity index (χ0v) is 12.5. The summed E-state index contributed by atoms with van der Waals surface area (Å²) < 4.78 is 5.09. The van der Waals surface area contributed by atoms with E-state index in [1.54, 1.807) is 55.6 Å². The molecular weight excluding hydrogens is 302 g/mol. The first-order valence-corrected chi connectivity index (χ1v) is 6.98. The summed E-state index contributed by atoms with van der Waals surface area (Å²) in [5.74, 6) is 0.687. The maximum absolute atomic E-state index is 11.9. The van der Waals surface area contributed by atoms with Crippen LogP contribution in [0.2, 0.25) is 5.02 Å². The molecule has 0 bridgehead atoms. The van der Waals surface area contributed by atoms with Crippen LogP contribution >= 0.6 is 11.6 Å². The van der Waals surface area contributed by atoms with Gasteiger partial charge in [0.25, 0.3) is 5.43 Å². The number of rotatable bonds is 4. The van der Waals surface area contributed by atoms with Gasteiger partial charge >= 0.3 is 0 Å². The van der Waals surface area contributed by atoms with Crippen molar-refractivity contribution in [2.45, 2.75) is 0 Å². The normalized spacial score (nSPS) is 10.6. The summed E-state index contributed by atoms with van der Waals surface area (Å²) in [4.78, 5) is 23.7. The van der Waals surface area contributed by atoms with Crippen molar-refractivity contribution in [3.05, 3.63) is 74.0 Å². The lowest BCUT2D eigenvalue weighted by Crippen LogP contribution is -2.35. The smallest absolute Gasteiger partial charge is 0.250 e. The summed E-state index contributed by atoms with van der Waals surface area (Å²) in [6.45, 7) is 0. The van der Waals surface area contributed by atoms with Gasteiger partial charge in [-0.2, -0.15) is 0 Å². The highest BCUT2D eigenvalue weighted by atomic mass is 35.5. The quantitative estimate of drug-likeness (QED) is 0.750. The molecule has 3 aromatic rings. The first-order valence-electron chi connectivity index (χ1n) is 6.60. The van der Waals surface area contributed by atoms with E-state index in [2.05, 4.69) is 5.32 Å². The molecule has 0 saturated heterocycles. The van der Waals surface area contributed by atoms with Crippen LogP contribution in [0.3, 0.4) is 0 Å². The van der Waals surface area contributed by atoms with Gasteiger partial charge < -0.3 is 10.1 Å². The van der Waals surface area contributed by atoms with Gasteiger partial charge in [0.05, 0.1) is 12.7 Å². The number of ether oxygens (including phenoxy) is 1. The lowest BCUT2D eigenvalue weighted by Gasteiger charge is -2.14. The number of benzene rings is 2. The van der Waals surface area contributed by atoms with Crippen molar-refractivity contribution in [2.75, 3.05) is 12.4 Å². The van der Waals surface area contributed by atoms with Gasteiger partial charge in [0.15, 0.2) is 0 Å². The fraction of sp³-hybridized carbons (Fsp3) is 0.0588. The van der Waals surface area contributed by atoms with Gasteiger partial charge in [-0.1, -0.05) is 29.8 Å². The SMILES string of the molecule is COc1ccc(-c2c(Nc3cccc(Cl)c3)c(=O)c2=O)cc1. The number of anilines is 2. The van der Waals surface area contributed by atoms with Crippen molar-refractivity contribution in [1.29, 1.82) is 0 Å². The highest BCUT2D eigenvalue weighted by Gasteiger charge is 2.22. The molecule has 0 heterocycles. The maximum atomic E-state index is 11.9. The molecule has 5 heteroatoms. The lowest BCUT2D eigenvalue weighted by atomic mass is 9.98. The molecule has 3 rings (SSSR count). The molecule has 3 aromatic carbocycles. The summed E-state index contributed by atoms with van der Waals surface area (Å²) in [5, 5.41) is 3.52. The molecule has 0 aromatic heterocycles. The molecule has 0 fully saturated rings. The van der Waals surface area contributed by atoms with E-state index in [9.17, 15) is 9.59 Å². The average molecular weight is 314 g/mol. The second kappa shape index (κ2) is 5.66. The number of halogens is 1. The Bertz CT molecular complexity index is 893. The van der Waals surface area contributed by atoms with Crippen LogP contribution in [0.25, 0.3) is 11.1 Å². The third-order valence-electron chi connectivity index (χ3n) is 3.38. The van der Waals surface area contributed by atoms with Crippen molar-refractivity contribution in [3.63, 3.8) is 0 Å². The molecule has 1 N–H and O–H groups in total. The highest BCUT2D eigenvalue weighted by Crippen LogP contribution is 2.28. The fourth-order valence-corrected chi connectivity index (χ4v) is 2.44. The van der Waals surface area contributed by atoms with Crippen molar-refractivity contribution < 1.29 is 4.74 Å². The van der Waals surface area contributed by atoms with E-state index >= 15 is 0 Å². The Kier molecular flexibility index (Phi) is 3.69. The monoisotopic (exact) mass is 313 g/mol. The zero-order valence-electron chi connectivity index (χ0n) is 11.7. The third kappa shape index (κ3) is 2.49. The Morgan fingerprint density at radius 2 is 1.73 bits per heavy atom. The Morgan fingerprint density at radius 1 is 1.00 bits per heavy atom. The van der Waals surface area contributed by atoms with Crippen LogP contribution in [0.5, 0.6) is 5.75 Å². The molecule has 4 nitrogen and oxygen atoms in total. The van der Waals surface area contributed by atoms with Gasteiger partial charge in [-0.15, -0.1) is 0 Å². The van der Waals surface area contributed by atoms with Crippen molar-refractivity contribution in [1.82, 2.24) is 0 Å². The molecule has 0 aliphatic rings. The topological polar surface area (TPSA) is 55.4 Å². The van der Waals surface area contributed by atoms with Crippen LogP contribution in [0.1, 0.15) is 0 Å². The van der Waals surface area contributed by atoms with Crippen LogP contribution < -0.4 is 20.9 Å². The second-order valence-corrected chi connectivity index (χ2v) is 5.21. The average Bonchev–Trinajstić information content (AvgIpc) is 2.54. The van der Waals surface area contributed by atoms with Gasteiger partial charge in [-0.05, 0) is 35.9 Å². The van der Waals surface area contributed by atoms with Gasteiger partial charge in [-0.25, -0.2) is 0 Å². The van der Waals surface area contributed by atoms with Crippen LogP contribution in [0.15, 0.2) is 58.1 Å². The van der Waals surface area contributed by atoms with E-state index in [0.29, 0.717) is 27.6 Å². The predicted octanol–water partition coefficient (Wildman–Crippen LogP) is 3.36. The number of hydrogen-bond acceptors (Lipinski definition) is 4. The van der Waals surface area contributed by atoms with E-state index < -0.39 is 10.9 Å². The van der Waals surface area contributed by atoms with E-state index in [-0.39, 0.29) is 5.69 Å². The highest BCUT2D eigenvalue weighted by molar-refractivity contribution is 6.30. The minimum absolute atomic E-state index is 0.289. The van der Waals surface area contributed by atoms with Crippen molar-refractivity contribution >= 4 is 23.0 Å². The summed E-state index contributed by atoms with van der Waals surface area (Å²) in [7, 11) is 1.57. The Morgan fingerprint density at radius 3 is 2.36 bits per heavy atom. The van der Waals surface area contributed by atoms with Crippen molar-refractivity contribution in [2.24, 2.45) is 0 Å². The lowest BCUT2D eigenvalue weighted by molar-refractivity contribution is 0.415. The molecule has 0 aliphatic carbocycles. The third-order valence-corrected chi connectivity index (χ3v) is 3.62.